The number of benzene rings is 1. The van der Waals surface area contributed by atoms with Crippen LogP contribution in [0.2, 0.25) is 0 Å². The van der Waals surface area contributed by atoms with Crippen LogP contribution in [0.5, 0.6) is 5.75 Å². The minimum Gasteiger partial charge on any atom is -0.484 e. The fourth-order valence-electron chi connectivity index (χ4n) is 1.19. The zero-order valence-electron chi connectivity index (χ0n) is 8.81. The van der Waals surface area contributed by atoms with Crippen molar-refractivity contribution in [1.29, 1.82) is 0 Å². The molecule has 0 aliphatic heterocycles. The van der Waals surface area contributed by atoms with Crippen LogP contribution in [0.25, 0.3) is 0 Å². The minimum atomic E-state index is -0.239. The van der Waals surface area contributed by atoms with E-state index in [0.717, 1.165) is 4.47 Å². The van der Waals surface area contributed by atoms with Crippen LogP contribution in [0.1, 0.15) is 0 Å². The molecule has 0 aliphatic rings. The van der Waals surface area contributed by atoms with Crippen molar-refractivity contribution >= 4 is 27.7 Å². The average molecular weight is 296 g/mol. The summed E-state index contributed by atoms with van der Waals surface area (Å²) in [7, 11) is 0. The summed E-state index contributed by atoms with van der Waals surface area (Å²) in [6.45, 7) is -0.0410. The maximum atomic E-state index is 11.5. The molecule has 0 saturated heterocycles. The Labute approximate surface area is 106 Å². The Hall–Kier alpha value is -1.82. The molecule has 88 valence electrons. The highest BCUT2D eigenvalue weighted by atomic mass is 79.9. The summed E-state index contributed by atoms with van der Waals surface area (Å²) in [6.07, 6.45) is 1.56. The number of carbonyl (C=O) groups excluding carboxylic acids is 1. The summed E-state index contributed by atoms with van der Waals surface area (Å²) in [4.78, 5) is 11.5. The second kappa shape index (κ2) is 5.49. The SMILES string of the molecule is O=C(COc1ccc(Br)cc1)Nc1ccn[nH]1. The summed E-state index contributed by atoms with van der Waals surface area (Å²) in [6, 6.07) is 8.93. The molecule has 0 spiro atoms. The first kappa shape index (κ1) is 11.7. The van der Waals surface area contributed by atoms with Crippen molar-refractivity contribution < 1.29 is 9.53 Å². The van der Waals surface area contributed by atoms with Gasteiger partial charge in [0.2, 0.25) is 0 Å². The third kappa shape index (κ3) is 3.60. The van der Waals surface area contributed by atoms with Crippen LogP contribution in [-0.2, 0) is 4.79 Å². The monoisotopic (exact) mass is 295 g/mol. The zero-order chi connectivity index (χ0) is 12.1. The van der Waals surface area contributed by atoms with E-state index in [0.29, 0.717) is 11.6 Å². The lowest BCUT2D eigenvalue weighted by atomic mass is 10.3. The number of halogens is 1. The van der Waals surface area contributed by atoms with Gasteiger partial charge >= 0.3 is 0 Å². The van der Waals surface area contributed by atoms with Gasteiger partial charge in [-0.1, -0.05) is 15.9 Å². The number of nitrogens with zero attached hydrogens (tertiary/aromatic N) is 1. The van der Waals surface area contributed by atoms with Crippen molar-refractivity contribution in [3.05, 3.63) is 41.0 Å². The lowest BCUT2D eigenvalue weighted by molar-refractivity contribution is -0.118. The highest BCUT2D eigenvalue weighted by molar-refractivity contribution is 9.10. The molecule has 1 aromatic carbocycles. The number of anilines is 1. The molecule has 6 heteroatoms. The predicted molar refractivity (Wildman–Crippen MR) is 66.9 cm³/mol. The molecule has 0 bridgehead atoms. The molecule has 2 N–H and O–H groups in total. The highest BCUT2D eigenvalue weighted by Crippen LogP contribution is 2.15. The quantitative estimate of drug-likeness (QED) is 0.909. The average Bonchev–Trinajstić information content (AvgIpc) is 2.81. The number of aromatic amines is 1. The van der Waals surface area contributed by atoms with Gasteiger partial charge in [-0.15, -0.1) is 0 Å². The van der Waals surface area contributed by atoms with E-state index in [4.69, 9.17) is 4.74 Å². The second-order valence-electron chi connectivity index (χ2n) is 3.26. The van der Waals surface area contributed by atoms with Crippen molar-refractivity contribution in [1.82, 2.24) is 10.2 Å². The molecule has 17 heavy (non-hydrogen) atoms. The van der Waals surface area contributed by atoms with Crippen molar-refractivity contribution in [2.45, 2.75) is 0 Å². The predicted octanol–water partition coefficient (Wildman–Crippen LogP) is 2.19. The molecule has 1 heterocycles. The molecule has 0 saturated carbocycles. The van der Waals surface area contributed by atoms with Gasteiger partial charge in [-0.3, -0.25) is 9.89 Å². The van der Waals surface area contributed by atoms with Gasteiger partial charge < -0.3 is 10.1 Å². The molecule has 2 aromatic rings. The molecular weight excluding hydrogens is 286 g/mol. The normalized spacial score (nSPS) is 9.94. The molecule has 1 aromatic heterocycles. The van der Waals surface area contributed by atoms with E-state index in [1.165, 1.54) is 0 Å². The van der Waals surface area contributed by atoms with E-state index in [-0.39, 0.29) is 12.5 Å². The molecule has 1 amide bonds. The fourth-order valence-corrected chi connectivity index (χ4v) is 1.46. The zero-order valence-corrected chi connectivity index (χ0v) is 10.4. The van der Waals surface area contributed by atoms with Crippen molar-refractivity contribution in [2.75, 3.05) is 11.9 Å². The summed E-state index contributed by atoms with van der Waals surface area (Å²) >= 11 is 3.32. The number of H-pyrrole nitrogens is 1. The number of hydrogen-bond donors (Lipinski definition) is 2. The van der Waals surface area contributed by atoms with E-state index in [2.05, 4.69) is 31.4 Å². The lowest BCUT2D eigenvalue weighted by Crippen LogP contribution is -2.20. The van der Waals surface area contributed by atoms with Gasteiger partial charge in [0.15, 0.2) is 6.61 Å². The Kier molecular flexibility index (Phi) is 3.77. The van der Waals surface area contributed by atoms with E-state index in [1.807, 2.05) is 12.1 Å². The molecule has 0 atom stereocenters. The number of rotatable bonds is 4. The molecule has 0 aliphatic carbocycles. The van der Waals surface area contributed by atoms with E-state index in [9.17, 15) is 4.79 Å². The molecule has 0 unspecified atom stereocenters. The smallest absolute Gasteiger partial charge is 0.263 e. The Morgan fingerprint density at radius 2 is 2.12 bits per heavy atom. The van der Waals surface area contributed by atoms with Gasteiger partial charge in [0.1, 0.15) is 11.6 Å². The molecule has 2 rings (SSSR count). The fraction of sp³-hybridized carbons (Fsp3) is 0.0909. The number of nitrogens with one attached hydrogen (secondary N) is 2. The Morgan fingerprint density at radius 3 is 2.76 bits per heavy atom. The van der Waals surface area contributed by atoms with Gasteiger partial charge in [0, 0.05) is 10.5 Å². The third-order valence-electron chi connectivity index (χ3n) is 1.96. The molecule has 0 radical (unpaired) electrons. The standard InChI is InChI=1S/C11H10BrN3O2/c12-8-1-3-9(4-2-8)17-7-11(16)14-10-5-6-13-15-10/h1-6H,7H2,(H2,13,14,15,16). The number of aromatic nitrogens is 2. The van der Waals surface area contributed by atoms with E-state index in [1.54, 1.807) is 24.4 Å². The van der Waals surface area contributed by atoms with Gasteiger partial charge in [0.05, 0.1) is 6.20 Å². The van der Waals surface area contributed by atoms with Gasteiger partial charge in [-0.2, -0.15) is 5.10 Å². The largest absolute Gasteiger partial charge is 0.484 e. The Balaban J connectivity index is 1.82. The van der Waals surface area contributed by atoms with Gasteiger partial charge in [-0.05, 0) is 24.3 Å². The van der Waals surface area contributed by atoms with E-state index >= 15 is 0 Å². The van der Waals surface area contributed by atoms with Crippen LogP contribution in [0, 0.1) is 0 Å². The van der Waals surface area contributed by atoms with Crippen molar-refractivity contribution in [2.24, 2.45) is 0 Å². The third-order valence-corrected chi connectivity index (χ3v) is 2.49. The van der Waals surface area contributed by atoms with Crippen molar-refractivity contribution in [3.63, 3.8) is 0 Å². The molecule has 5 nitrogen and oxygen atoms in total. The maximum Gasteiger partial charge on any atom is 0.263 e. The van der Waals surface area contributed by atoms with Crippen LogP contribution >= 0.6 is 15.9 Å². The number of hydrogen-bond acceptors (Lipinski definition) is 3. The van der Waals surface area contributed by atoms with Crippen LogP contribution in [-0.4, -0.2) is 22.7 Å². The van der Waals surface area contributed by atoms with Crippen LogP contribution < -0.4 is 10.1 Å². The summed E-state index contributed by atoms with van der Waals surface area (Å²) < 4.78 is 6.27. The summed E-state index contributed by atoms with van der Waals surface area (Å²) in [5, 5.41) is 8.96. The number of amides is 1. The second-order valence-corrected chi connectivity index (χ2v) is 4.18. The molecule has 0 fully saturated rings. The van der Waals surface area contributed by atoms with Crippen molar-refractivity contribution in [3.8, 4) is 5.75 Å². The number of carbonyl (C=O) groups is 1. The van der Waals surface area contributed by atoms with E-state index < -0.39 is 0 Å². The van der Waals surface area contributed by atoms with Gasteiger partial charge in [-0.25, -0.2) is 0 Å². The van der Waals surface area contributed by atoms with Crippen LogP contribution in [0.4, 0.5) is 5.82 Å². The van der Waals surface area contributed by atoms with Gasteiger partial charge in [0.25, 0.3) is 5.91 Å². The molecular formula is C11H10BrN3O2. The summed E-state index contributed by atoms with van der Waals surface area (Å²) in [5.74, 6) is 0.958. The van der Waals surface area contributed by atoms with Crippen LogP contribution in [0.3, 0.4) is 0 Å². The summed E-state index contributed by atoms with van der Waals surface area (Å²) in [5.41, 5.74) is 0. The maximum absolute atomic E-state index is 11.5. The lowest BCUT2D eigenvalue weighted by Gasteiger charge is -2.05. The first-order chi connectivity index (χ1) is 8.24. The Bertz CT molecular complexity index is 482. The highest BCUT2D eigenvalue weighted by Gasteiger charge is 2.04. The first-order valence-electron chi connectivity index (χ1n) is 4.91. The van der Waals surface area contributed by atoms with Crippen LogP contribution in [0.15, 0.2) is 41.0 Å². The first-order valence-corrected chi connectivity index (χ1v) is 5.71. The number of ether oxygens (including phenoxy) is 1. The minimum absolute atomic E-state index is 0.0410. The Morgan fingerprint density at radius 1 is 1.35 bits per heavy atom. The topological polar surface area (TPSA) is 67.0 Å².